The van der Waals surface area contributed by atoms with Crippen molar-refractivity contribution in [3.05, 3.63) is 0 Å². The van der Waals surface area contributed by atoms with Crippen molar-refractivity contribution >= 4 is 11.8 Å². The quantitative estimate of drug-likeness (QED) is 0.374. The summed E-state index contributed by atoms with van der Waals surface area (Å²) >= 11 is 1.43. The third kappa shape index (κ3) is 4.05. The van der Waals surface area contributed by atoms with Gasteiger partial charge in [-0.05, 0) is 17.4 Å². The molecule has 0 fully saturated rings. The number of hydrogen-bond donors (Lipinski definition) is 0. The first-order valence-corrected chi connectivity index (χ1v) is 5.82. The van der Waals surface area contributed by atoms with Crippen molar-refractivity contribution in [3.8, 4) is 0 Å². The Morgan fingerprint density at radius 1 is 1.38 bits per heavy atom. The molecule has 1 heterocycles. The Morgan fingerprint density at radius 3 is 2.75 bits per heavy atom. The van der Waals surface area contributed by atoms with Crippen LogP contribution in [0.25, 0.3) is 0 Å². The fourth-order valence-electron chi connectivity index (χ4n) is 0.979. The predicted molar refractivity (Wildman–Crippen MR) is 58.0 cm³/mol. The third-order valence-electron chi connectivity index (χ3n) is 1.82. The first-order chi connectivity index (χ1) is 7.81. The molecule has 0 aliphatic heterocycles. The van der Waals surface area contributed by atoms with Crippen LogP contribution in [0.15, 0.2) is 5.16 Å². The fraction of sp³-hybridized carbons (Fsp3) is 0.875. The van der Waals surface area contributed by atoms with E-state index in [9.17, 15) is 0 Å². The van der Waals surface area contributed by atoms with Crippen LogP contribution in [-0.2, 0) is 20.8 Å². The van der Waals surface area contributed by atoms with E-state index in [0.29, 0.717) is 24.2 Å². The lowest BCUT2D eigenvalue weighted by molar-refractivity contribution is -0.113. The zero-order chi connectivity index (χ0) is 11.8. The number of methoxy groups -OCH3 is 2. The highest BCUT2D eigenvalue weighted by molar-refractivity contribution is 7.99. The maximum atomic E-state index is 5.21. The molecule has 0 aromatic carbocycles. The Labute approximate surface area is 98.4 Å². The Kier molecular flexibility index (Phi) is 6.31. The van der Waals surface area contributed by atoms with Crippen molar-refractivity contribution in [2.24, 2.45) is 0 Å². The van der Waals surface area contributed by atoms with Crippen LogP contribution in [-0.4, -0.2) is 53.3 Å². The number of thioether (sulfide) groups is 1. The van der Waals surface area contributed by atoms with Gasteiger partial charge in [0.05, 0.1) is 12.5 Å². The van der Waals surface area contributed by atoms with Crippen molar-refractivity contribution < 1.29 is 14.2 Å². The maximum Gasteiger partial charge on any atom is 0.211 e. The van der Waals surface area contributed by atoms with E-state index >= 15 is 0 Å². The molecule has 7 nitrogen and oxygen atoms in total. The first-order valence-electron chi connectivity index (χ1n) is 4.84. The molecule has 0 radical (unpaired) electrons. The number of nitrogens with zero attached hydrogens (tertiary/aromatic N) is 4. The van der Waals surface area contributed by atoms with Crippen molar-refractivity contribution in [1.82, 2.24) is 20.2 Å². The minimum absolute atomic E-state index is 0.352. The van der Waals surface area contributed by atoms with Crippen LogP contribution < -0.4 is 0 Å². The standard InChI is InChI=1S/C8H16N4O3S/c1-4-15-6-16-8-9-10-11-12(8)5-7(13-2)14-3/h7H,4-6H2,1-3H3. The average Bonchev–Trinajstić information content (AvgIpc) is 2.74. The molecule has 8 heteroatoms. The molecule has 0 aliphatic rings. The van der Waals surface area contributed by atoms with Gasteiger partial charge in [0, 0.05) is 20.8 Å². The summed E-state index contributed by atoms with van der Waals surface area (Å²) in [6.45, 7) is 3.07. The highest BCUT2D eigenvalue weighted by Crippen LogP contribution is 2.14. The molecule has 0 amide bonds. The van der Waals surface area contributed by atoms with Gasteiger partial charge >= 0.3 is 0 Å². The minimum atomic E-state index is -0.352. The highest BCUT2D eigenvalue weighted by atomic mass is 32.2. The minimum Gasteiger partial charge on any atom is -0.371 e. The second kappa shape index (κ2) is 7.55. The van der Waals surface area contributed by atoms with Gasteiger partial charge in [0.1, 0.15) is 0 Å². The van der Waals surface area contributed by atoms with Crippen LogP contribution in [0, 0.1) is 0 Å². The van der Waals surface area contributed by atoms with Crippen LogP contribution in [0.4, 0.5) is 0 Å². The number of rotatable bonds is 8. The van der Waals surface area contributed by atoms with E-state index in [2.05, 4.69) is 15.5 Å². The second-order valence-corrected chi connectivity index (χ2v) is 3.69. The van der Waals surface area contributed by atoms with Gasteiger partial charge in [0.2, 0.25) is 5.16 Å². The zero-order valence-electron chi connectivity index (χ0n) is 9.62. The van der Waals surface area contributed by atoms with Crippen molar-refractivity contribution in [1.29, 1.82) is 0 Å². The van der Waals surface area contributed by atoms with Crippen LogP contribution in [0.1, 0.15) is 6.92 Å². The Hall–Kier alpha value is -0.700. The lowest BCUT2D eigenvalue weighted by Gasteiger charge is -2.13. The largest absolute Gasteiger partial charge is 0.371 e. The van der Waals surface area contributed by atoms with Gasteiger partial charge in [-0.1, -0.05) is 11.8 Å². The molecule has 1 aromatic heterocycles. The smallest absolute Gasteiger partial charge is 0.211 e. The summed E-state index contributed by atoms with van der Waals surface area (Å²) in [6, 6.07) is 0. The van der Waals surface area contributed by atoms with Crippen LogP contribution in [0.5, 0.6) is 0 Å². The Balaban J connectivity index is 2.49. The van der Waals surface area contributed by atoms with Crippen molar-refractivity contribution in [2.75, 3.05) is 26.8 Å². The van der Waals surface area contributed by atoms with Crippen molar-refractivity contribution in [2.45, 2.75) is 24.9 Å². The fourth-order valence-corrected chi connectivity index (χ4v) is 1.69. The van der Waals surface area contributed by atoms with E-state index in [4.69, 9.17) is 14.2 Å². The summed E-state index contributed by atoms with van der Waals surface area (Å²) in [5, 5.41) is 12.0. The lowest BCUT2D eigenvalue weighted by atomic mass is 10.6. The summed E-state index contributed by atoms with van der Waals surface area (Å²) in [5.41, 5.74) is 0. The summed E-state index contributed by atoms with van der Waals surface area (Å²) in [4.78, 5) is 0. The molecular weight excluding hydrogens is 232 g/mol. The summed E-state index contributed by atoms with van der Waals surface area (Å²) in [6.07, 6.45) is -0.352. The van der Waals surface area contributed by atoms with Gasteiger partial charge in [0.25, 0.3) is 0 Å². The van der Waals surface area contributed by atoms with E-state index in [0.717, 1.165) is 0 Å². The molecule has 0 saturated carbocycles. The molecule has 0 saturated heterocycles. The molecule has 0 atom stereocenters. The van der Waals surface area contributed by atoms with Crippen LogP contribution in [0.3, 0.4) is 0 Å². The molecule has 0 spiro atoms. The van der Waals surface area contributed by atoms with E-state index in [1.807, 2.05) is 6.92 Å². The molecule has 0 unspecified atom stereocenters. The molecular formula is C8H16N4O3S. The van der Waals surface area contributed by atoms with E-state index < -0.39 is 0 Å². The maximum absolute atomic E-state index is 5.21. The second-order valence-electron chi connectivity index (χ2n) is 2.80. The molecule has 0 N–H and O–H groups in total. The molecule has 1 rings (SSSR count). The SMILES string of the molecule is CCOCSc1nnnn1CC(OC)OC. The summed E-state index contributed by atoms with van der Waals surface area (Å²) in [7, 11) is 3.15. The van der Waals surface area contributed by atoms with Gasteiger partial charge in [-0.25, -0.2) is 4.68 Å². The molecule has 0 bridgehead atoms. The lowest BCUT2D eigenvalue weighted by Crippen LogP contribution is -2.22. The molecule has 1 aromatic rings. The molecule has 0 aliphatic carbocycles. The zero-order valence-corrected chi connectivity index (χ0v) is 10.4. The molecule has 92 valence electrons. The number of aromatic nitrogens is 4. The monoisotopic (exact) mass is 248 g/mol. The third-order valence-corrected chi connectivity index (χ3v) is 2.66. The van der Waals surface area contributed by atoms with Crippen LogP contribution >= 0.6 is 11.8 Å². The summed E-state index contributed by atoms with van der Waals surface area (Å²) < 4.78 is 17.0. The normalized spacial score (nSPS) is 11.2. The van der Waals surface area contributed by atoms with Gasteiger partial charge in [-0.3, -0.25) is 0 Å². The highest BCUT2D eigenvalue weighted by Gasteiger charge is 2.12. The average molecular weight is 248 g/mol. The van der Waals surface area contributed by atoms with E-state index in [-0.39, 0.29) is 6.29 Å². The molecule has 16 heavy (non-hydrogen) atoms. The van der Waals surface area contributed by atoms with E-state index in [1.54, 1.807) is 18.9 Å². The number of tetrazole rings is 1. The van der Waals surface area contributed by atoms with Gasteiger partial charge < -0.3 is 14.2 Å². The van der Waals surface area contributed by atoms with Gasteiger partial charge in [-0.2, -0.15) is 0 Å². The topological polar surface area (TPSA) is 71.3 Å². The Morgan fingerprint density at radius 2 is 2.12 bits per heavy atom. The Bertz CT molecular complexity index is 293. The first kappa shape index (κ1) is 13.4. The summed E-state index contributed by atoms with van der Waals surface area (Å²) in [5.74, 6) is 0.529. The van der Waals surface area contributed by atoms with Gasteiger partial charge in [-0.15, -0.1) is 5.10 Å². The number of ether oxygens (including phenoxy) is 3. The van der Waals surface area contributed by atoms with Gasteiger partial charge in [0.15, 0.2) is 6.29 Å². The number of hydrogen-bond acceptors (Lipinski definition) is 7. The predicted octanol–water partition coefficient (Wildman–Crippen LogP) is 0.378. The van der Waals surface area contributed by atoms with Crippen molar-refractivity contribution in [3.63, 3.8) is 0 Å². The van der Waals surface area contributed by atoms with E-state index in [1.165, 1.54) is 11.8 Å². The van der Waals surface area contributed by atoms with Crippen LogP contribution in [0.2, 0.25) is 0 Å².